The van der Waals surface area contributed by atoms with Gasteiger partial charge in [0.05, 0.1) is 27.2 Å². The normalized spacial score (nSPS) is 10.8. The first-order valence-electron chi connectivity index (χ1n) is 7.36. The predicted octanol–water partition coefficient (Wildman–Crippen LogP) is 3.10. The number of rotatable bonds is 5. The van der Waals surface area contributed by atoms with E-state index < -0.39 is 5.56 Å². The van der Waals surface area contributed by atoms with Crippen LogP contribution in [0.3, 0.4) is 0 Å². The Hall–Kier alpha value is -3.08. The van der Waals surface area contributed by atoms with Gasteiger partial charge in [0.1, 0.15) is 6.07 Å². The molecule has 3 rings (SSSR count). The Labute approximate surface area is 158 Å². The Morgan fingerprint density at radius 2 is 2.08 bits per heavy atom. The Balaban J connectivity index is 1.95. The maximum atomic E-state index is 12.5. The molecule has 0 atom stereocenters. The van der Waals surface area contributed by atoms with Gasteiger partial charge in [0.25, 0.3) is 11.5 Å². The van der Waals surface area contributed by atoms with Crippen molar-refractivity contribution in [3.05, 3.63) is 68.4 Å². The van der Waals surface area contributed by atoms with Crippen LogP contribution in [0.2, 0.25) is 10.0 Å². The van der Waals surface area contributed by atoms with Crippen LogP contribution in [0.5, 0.6) is 0 Å². The summed E-state index contributed by atoms with van der Waals surface area (Å²) in [5.41, 5.74) is 3.37. The molecule has 0 saturated heterocycles. The van der Waals surface area contributed by atoms with E-state index in [-0.39, 0.29) is 12.6 Å². The summed E-state index contributed by atoms with van der Waals surface area (Å²) in [5.74, 6) is 0.0419. The smallest absolute Gasteiger partial charge is 0.296 e. The minimum absolute atomic E-state index is 0.0419. The number of halogens is 2. The van der Waals surface area contributed by atoms with E-state index in [0.717, 1.165) is 4.73 Å². The Kier molecular flexibility index (Phi) is 5.37. The van der Waals surface area contributed by atoms with Crippen molar-refractivity contribution in [3.63, 3.8) is 0 Å². The van der Waals surface area contributed by atoms with Crippen molar-refractivity contribution in [1.29, 1.82) is 5.26 Å². The molecule has 1 aromatic heterocycles. The molecule has 26 heavy (non-hydrogen) atoms. The lowest BCUT2D eigenvalue weighted by atomic mass is 10.2. The highest BCUT2D eigenvalue weighted by Gasteiger charge is 2.11. The standard InChI is InChI=1S/C17H11Cl2N5O2/c18-13-6-5-11(9-14(13)19)10-21-23-17-22-15-4-2-1-3-12(15)16(25)24(17)26-8-7-20/h1-6,9-10H,8H2,(H,22,23). The molecule has 1 N–H and O–H groups in total. The molecule has 0 fully saturated rings. The lowest BCUT2D eigenvalue weighted by molar-refractivity contribution is 0.133. The summed E-state index contributed by atoms with van der Waals surface area (Å²) in [6.45, 7) is -0.314. The van der Waals surface area contributed by atoms with Crippen molar-refractivity contribution in [2.24, 2.45) is 5.10 Å². The first-order valence-corrected chi connectivity index (χ1v) is 8.12. The summed E-state index contributed by atoms with van der Waals surface area (Å²) in [6, 6.07) is 13.6. The number of nitrogens with zero attached hydrogens (tertiary/aromatic N) is 4. The Morgan fingerprint density at radius 3 is 2.85 bits per heavy atom. The molecule has 0 unspecified atom stereocenters. The van der Waals surface area contributed by atoms with E-state index in [1.165, 1.54) is 6.21 Å². The molecule has 0 saturated carbocycles. The highest BCUT2D eigenvalue weighted by molar-refractivity contribution is 6.42. The number of hydrogen-bond acceptors (Lipinski definition) is 6. The van der Waals surface area contributed by atoms with E-state index in [2.05, 4.69) is 15.5 Å². The van der Waals surface area contributed by atoms with Gasteiger partial charge in [-0.05, 0) is 29.8 Å². The summed E-state index contributed by atoms with van der Waals surface area (Å²) < 4.78 is 0.901. The second kappa shape index (κ2) is 7.87. The van der Waals surface area contributed by atoms with E-state index in [1.807, 2.05) is 6.07 Å². The lowest BCUT2D eigenvalue weighted by Gasteiger charge is -2.11. The van der Waals surface area contributed by atoms with Crippen molar-refractivity contribution < 1.29 is 4.84 Å². The zero-order chi connectivity index (χ0) is 18.5. The van der Waals surface area contributed by atoms with E-state index in [1.54, 1.807) is 42.5 Å². The minimum Gasteiger partial charge on any atom is -0.392 e. The number of nitrogens with one attached hydrogen (secondary N) is 1. The number of benzene rings is 2. The zero-order valence-electron chi connectivity index (χ0n) is 13.2. The van der Waals surface area contributed by atoms with Gasteiger partial charge in [0.2, 0.25) is 6.61 Å². The summed E-state index contributed by atoms with van der Waals surface area (Å²) in [6.07, 6.45) is 1.48. The number of hydrogen-bond donors (Lipinski definition) is 1. The monoisotopic (exact) mass is 387 g/mol. The number of anilines is 1. The number of nitriles is 1. The predicted molar refractivity (Wildman–Crippen MR) is 101 cm³/mol. The molecule has 7 nitrogen and oxygen atoms in total. The molecule has 0 aliphatic heterocycles. The van der Waals surface area contributed by atoms with Crippen LogP contribution in [0, 0.1) is 11.3 Å². The van der Waals surface area contributed by atoms with Crippen molar-refractivity contribution in [3.8, 4) is 6.07 Å². The van der Waals surface area contributed by atoms with Gasteiger partial charge in [-0.3, -0.25) is 4.79 Å². The molecule has 2 aromatic carbocycles. The van der Waals surface area contributed by atoms with E-state index in [4.69, 9.17) is 33.3 Å². The first-order chi connectivity index (χ1) is 12.6. The van der Waals surface area contributed by atoms with Crippen LogP contribution in [0.4, 0.5) is 5.95 Å². The molecule has 130 valence electrons. The van der Waals surface area contributed by atoms with Crippen LogP contribution in [0.25, 0.3) is 10.9 Å². The van der Waals surface area contributed by atoms with Gasteiger partial charge in [-0.25, -0.2) is 10.4 Å². The van der Waals surface area contributed by atoms with Crippen LogP contribution in [-0.4, -0.2) is 22.5 Å². The SMILES string of the molecule is N#CCOn1c(NN=Cc2ccc(Cl)c(Cl)c2)nc2ccccc2c1=O. The molecule has 9 heteroatoms. The van der Waals surface area contributed by atoms with Crippen LogP contribution in [0.15, 0.2) is 52.4 Å². The second-order valence-electron chi connectivity index (χ2n) is 5.03. The molecule has 0 bridgehead atoms. The summed E-state index contributed by atoms with van der Waals surface area (Å²) in [4.78, 5) is 22.0. The van der Waals surface area contributed by atoms with Crippen molar-refractivity contribution in [2.75, 3.05) is 12.0 Å². The first kappa shape index (κ1) is 17.7. The summed E-state index contributed by atoms with van der Waals surface area (Å²) in [7, 11) is 0. The largest absolute Gasteiger partial charge is 0.392 e. The molecule has 3 aromatic rings. The third kappa shape index (κ3) is 3.77. The summed E-state index contributed by atoms with van der Waals surface area (Å²) in [5, 5.41) is 13.9. The summed E-state index contributed by atoms with van der Waals surface area (Å²) >= 11 is 11.8. The number of hydrazone groups is 1. The molecule has 1 heterocycles. The minimum atomic E-state index is -0.446. The number of fused-ring (bicyclic) bond motifs is 1. The Bertz CT molecular complexity index is 1090. The highest BCUT2D eigenvalue weighted by Crippen LogP contribution is 2.21. The molecule has 0 spiro atoms. The third-order valence-electron chi connectivity index (χ3n) is 3.32. The number of aromatic nitrogens is 2. The molecular formula is C17H11Cl2N5O2. The molecular weight excluding hydrogens is 377 g/mol. The highest BCUT2D eigenvalue weighted by atomic mass is 35.5. The van der Waals surface area contributed by atoms with E-state index in [0.29, 0.717) is 26.5 Å². The van der Waals surface area contributed by atoms with Gasteiger partial charge in [0, 0.05) is 0 Å². The second-order valence-corrected chi connectivity index (χ2v) is 5.84. The fourth-order valence-electron chi connectivity index (χ4n) is 2.16. The maximum Gasteiger partial charge on any atom is 0.296 e. The molecule has 0 aliphatic rings. The fraction of sp³-hybridized carbons (Fsp3) is 0.0588. The molecule has 0 aliphatic carbocycles. The fourth-order valence-corrected chi connectivity index (χ4v) is 2.46. The average Bonchev–Trinajstić information content (AvgIpc) is 2.64. The number of para-hydroxylation sites is 1. The average molecular weight is 388 g/mol. The van der Waals surface area contributed by atoms with Gasteiger partial charge in [-0.2, -0.15) is 10.4 Å². The van der Waals surface area contributed by atoms with Crippen LogP contribution < -0.4 is 15.8 Å². The quantitative estimate of drug-likeness (QED) is 0.536. The lowest BCUT2D eigenvalue weighted by Crippen LogP contribution is -2.30. The zero-order valence-corrected chi connectivity index (χ0v) is 14.7. The molecule has 0 amide bonds. The van der Waals surface area contributed by atoms with E-state index in [9.17, 15) is 4.79 Å². The van der Waals surface area contributed by atoms with Crippen LogP contribution >= 0.6 is 23.2 Å². The maximum absolute atomic E-state index is 12.5. The van der Waals surface area contributed by atoms with Gasteiger partial charge in [-0.15, -0.1) is 4.73 Å². The van der Waals surface area contributed by atoms with Crippen LogP contribution in [0.1, 0.15) is 5.56 Å². The topological polar surface area (TPSA) is 92.3 Å². The molecule has 0 radical (unpaired) electrons. The third-order valence-corrected chi connectivity index (χ3v) is 4.06. The van der Waals surface area contributed by atoms with Crippen LogP contribution in [-0.2, 0) is 0 Å². The van der Waals surface area contributed by atoms with Crippen molar-refractivity contribution in [1.82, 2.24) is 9.71 Å². The van der Waals surface area contributed by atoms with E-state index >= 15 is 0 Å². The Morgan fingerprint density at radius 1 is 1.27 bits per heavy atom. The van der Waals surface area contributed by atoms with Gasteiger partial charge >= 0.3 is 0 Å². The van der Waals surface area contributed by atoms with Gasteiger partial charge in [-0.1, -0.05) is 41.4 Å². The van der Waals surface area contributed by atoms with Gasteiger partial charge in [0.15, 0.2) is 0 Å². The van der Waals surface area contributed by atoms with Crippen molar-refractivity contribution >= 4 is 46.3 Å². The van der Waals surface area contributed by atoms with Gasteiger partial charge < -0.3 is 4.84 Å². The van der Waals surface area contributed by atoms with Crippen molar-refractivity contribution in [2.45, 2.75) is 0 Å².